The Balaban J connectivity index is 1.94. The summed E-state index contributed by atoms with van der Waals surface area (Å²) in [4.78, 5) is 0. The van der Waals surface area contributed by atoms with Gasteiger partial charge in [0.2, 0.25) is 0 Å². The number of benzene rings is 2. The van der Waals surface area contributed by atoms with E-state index < -0.39 is 0 Å². The number of hydrogen-bond donors (Lipinski definition) is 1. The van der Waals surface area contributed by atoms with Crippen LogP contribution in [0.15, 0.2) is 42.5 Å². The average Bonchev–Trinajstić information content (AvgIpc) is 2.96. The monoisotopic (exact) mass is 269 g/mol. The van der Waals surface area contributed by atoms with Gasteiger partial charge in [0.15, 0.2) is 0 Å². The molecule has 1 heterocycles. The third-order valence-electron chi connectivity index (χ3n) is 4.53. The summed E-state index contributed by atoms with van der Waals surface area (Å²) in [6, 6.07) is 15.7. The largest absolute Gasteiger partial charge is 0.378 e. The third-order valence-corrected chi connectivity index (χ3v) is 4.53. The standard InChI is InChI=1S/C18H23NO/c1-3-17-16(10-11-20-17)18(19-2)15-9-8-13-6-4-5-7-14(13)12-15/h4-9,12,16-19H,3,10-11H2,1-2H3. The Morgan fingerprint density at radius 3 is 2.75 bits per heavy atom. The van der Waals surface area contributed by atoms with Crippen molar-refractivity contribution in [1.29, 1.82) is 0 Å². The van der Waals surface area contributed by atoms with Crippen LogP contribution in [0.3, 0.4) is 0 Å². The van der Waals surface area contributed by atoms with Gasteiger partial charge in [0.05, 0.1) is 6.10 Å². The lowest BCUT2D eigenvalue weighted by Crippen LogP contribution is -2.30. The van der Waals surface area contributed by atoms with Crippen LogP contribution >= 0.6 is 0 Å². The number of fused-ring (bicyclic) bond motifs is 1. The maximum atomic E-state index is 5.87. The highest BCUT2D eigenvalue weighted by Gasteiger charge is 2.33. The fourth-order valence-electron chi connectivity index (χ4n) is 3.50. The Kier molecular flexibility index (Phi) is 4.04. The summed E-state index contributed by atoms with van der Waals surface area (Å²) >= 11 is 0. The second kappa shape index (κ2) is 5.94. The van der Waals surface area contributed by atoms with Crippen LogP contribution in [-0.2, 0) is 4.74 Å². The maximum absolute atomic E-state index is 5.87. The first-order valence-electron chi connectivity index (χ1n) is 7.61. The van der Waals surface area contributed by atoms with Crippen molar-refractivity contribution in [3.05, 3.63) is 48.0 Å². The first-order valence-corrected chi connectivity index (χ1v) is 7.61. The van der Waals surface area contributed by atoms with Crippen molar-refractivity contribution in [3.63, 3.8) is 0 Å². The first kappa shape index (κ1) is 13.6. The van der Waals surface area contributed by atoms with Crippen molar-refractivity contribution in [1.82, 2.24) is 5.32 Å². The fourth-order valence-corrected chi connectivity index (χ4v) is 3.50. The molecule has 2 aromatic rings. The summed E-state index contributed by atoms with van der Waals surface area (Å²) < 4.78 is 5.87. The number of hydrogen-bond acceptors (Lipinski definition) is 2. The smallest absolute Gasteiger partial charge is 0.0619 e. The van der Waals surface area contributed by atoms with Crippen LogP contribution < -0.4 is 5.32 Å². The van der Waals surface area contributed by atoms with Crippen molar-refractivity contribution in [3.8, 4) is 0 Å². The van der Waals surface area contributed by atoms with E-state index >= 15 is 0 Å². The Labute approximate surface area is 121 Å². The van der Waals surface area contributed by atoms with E-state index in [4.69, 9.17) is 4.74 Å². The SMILES string of the molecule is CCC1OCCC1C(NC)c1ccc2ccccc2c1. The molecule has 0 spiro atoms. The summed E-state index contributed by atoms with van der Waals surface area (Å²) in [5.74, 6) is 0.575. The highest BCUT2D eigenvalue weighted by molar-refractivity contribution is 5.83. The van der Waals surface area contributed by atoms with Crippen LogP contribution in [0, 0.1) is 5.92 Å². The van der Waals surface area contributed by atoms with E-state index in [1.54, 1.807) is 0 Å². The lowest BCUT2D eigenvalue weighted by atomic mass is 9.86. The normalized spacial score (nSPS) is 24.1. The van der Waals surface area contributed by atoms with E-state index in [-0.39, 0.29) is 0 Å². The van der Waals surface area contributed by atoms with Gasteiger partial charge in [-0.25, -0.2) is 0 Å². The average molecular weight is 269 g/mol. The minimum absolute atomic E-state index is 0.382. The highest BCUT2D eigenvalue weighted by atomic mass is 16.5. The van der Waals surface area contributed by atoms with Crippen LogP contribution in [0.1, 0.15) is 31.4 Å². The lowest BCUT2D eigenvalue weighted by Gasteiger charge is -2.27. The molecule has 1 aliphatic rings. The van der Waals surface area contributed by atoms with Crippen LogP contribution in [-0.4, -0.2) is 19.8 Å². The van der Waals surface area contributed by atoms with Gasteiger partial charge in [0, 0.05) is 18.6 Å². The molecule has 1 N–H and O–H groups in total. The third kappa shape index (κ3) is 2.46. The van der Waals surface area contributed by atoms with Crippen LogP contribution in [0.25, 0.3) is 10.8 Å². The number of rotatable bonds is 4. The van der Waals surface area contributed by atoms with Gasteiger partial charge in [-0.3, -0.25) is 0 Å². The van der Waals surface area contributed by atoms with Crippen molar-refractivity contribution < 1.29 is 4.74 Å². The molecular weight excluding hydrogens is 246 g/mol. The van der Waals surface area contributed by atoms with Crippen LogP contribution in [0.5, 0.6) is 0 Å². The zero-order chi connectivity index (χ0) is 13.9. The van der Waals surface area contributed by atoms with Gasteiger partial charge in [0.1, 0.15) is 0 Å². The molecule has 1 fully saturated rings. The van der Waals surface area contributed by atoms with Crippen molar-refractivity contribution >= 4 is 10.8 Å². The van der Waals surface area contributed by atoms with Crippen molar-refractivity contribution in [2.24, 2.45) is 5.92 Å². The number of nitrogens with one attached hydrogen (secondary N) is 1. The maximum Gasteiger partial charge on any atom is 0.0619 e. The van der Waals surface area contributed by atoms with Gasteiger partial charge in [-0.2, -0.15) is 0 Å². The molecule has 1 saturated heterocycles. The molecule has 20 heavy (non-hydrogen) atoms. The molecule has 3 atom stereocenters. The molecule has 3 rings (SSSR count). The van der Waals surface area contributed by atoms with Crippen molar-refractivity contribution in [2.75, 3.05) is 13.7 Å². The van der Waals surface area contributed by atoms with Gasteiger partial charge >= 0.3 is 0 Å². The Hall–Kier alpha value is -1.38. The zero-order valence-electron chi connectivity index (χ0n) is 12.3. The van der Waals surface area contributed by atoms with Gasteiger partial charge in [-0.1, -0.05) is 43.3 Å². The molecular formula is C18H23NO. The first-order chi connectivity index (χ1) is 9.83. The molecule has 0 saturated carbocycles. The second-order valence-electron chi connectivity index (χ2n) is 5.64. The molecule has 2 heteroatoms. The molecule has 0 amide bonds. The molecule has 106 valence electrons. The molecule has 0 radical (unpaired) electrons. The van der Waals surface area contributed by atoms with E-state index in [0.717, 1.165) is 19.4 Å². The summed E-state index contributed by atoms with van der Waals surface area (Å²) in [5.41, 5.74) is 1.38. The summed E-state index contributed by atoms with van der Waals surface area (Å²) in [7, 11) is 2.06. The molecule has 0 aromatic heterocycles. The van der Waals surface area contributed by atoms with Crippen LogP contribution in [0.4, 0.5) is 0 Å². The summed E-state index contributed by atoms with van der Waals surface area (Å²) in [5, 5.41) is 6.13. The highest BCUT2D eigenvalue weighted by Crippen LogP contribution is 2.35. The van der Waals surface area contributed by atoms with Gasteiger partial charge in [-0.15, -0.1) is 0 Å². The Morgan fingerprint density at radius 1 is 1.20 bits per heavy atom. The minimum atomic E-state index is 0.382. The van der Waals surface area contributed by atoms with Gasteiger partial charge in [-0.05, 0) is 42.3 Å². The van der Waals surface area contributed by atoms with E-state index in [0.29, 0.717) is 18.1 Å². The quantitative estimate of drug-likeness (QED) is 0.908. The zero-order valence-corrected chi connectivity index (χ0v) is 12.3. The molecule has 2 nitrogen and oxygen atoms in total. The van der Waals surface area contributed by atoms with Gasteiger partial charge < -0.3 is 10.1 Å². The summed E-state index contributed by atoms with van der Waals surface area (Å²) in [6.45, 7) is 3.12. The van der Waals surface area contributed by atoms with Gasteiger partial charge in [0.25, 0.3) is 0 Å². The second-order valence-corrected chi connectivity index (χ2v) is 5.64. The summed E-state index contributed by atoms with van der Waals surface area (Å²) in [6.07, 6.45) is 2.63. The molecule has 0 bridgehead atoms. The molecule has 0 aliphatic carbocycles. The van der Waals surface area contributed by atoms with Crippen LogP contribution in [0.2, 0.25) is 0 Å². The fraction of sp³-hybridized carbons (Fsp3) is 0.444. The lowest BCUT2D eigenvalue weighted by molar-refractivity contribution is 0.0782. The van der Waals surface area contributed by atoms with E-state index in [1.165, 1.54) is 16.3 Å². The molecule has 1 aliphatic heterocycles. The van der Waals surface area contributed by atoms with Crippen molar-refractivity contribution in [2.45, 2.75) is 31.9 Å². The van der Waals surface area contributed by atoms with E-state index in [9.17, 15) is 0 Å². The molecule has 3 unspecified atom stereocenters. The van der Waals surface area contributed by atoms with E-state index in [2.05, 4.69) is 61.8 Å². The topological polar surface area (TPSA) is 21.3 Å². The predicted molar refractivity (Wildman–Crippen MR) is 83.9 cm³/mol. The Bertz CT molecular complexity index is 580. The number of ether oxygens (including phenoxy) is 1. The Morgan fingerprint density at radius 2 is 2.00 bits per heavy atom. The predicted octanol–water partition coefficient (Wildman–Crippen LogP) is 3.92. The minimum Gasteiger partial charge on any atom is -0.378 e. The van der Waals surface area contributed by atoms with E-state index in [1.807, 2.05) is 0 Å². The molecule has 2 aromatic carbocycles.